The monoisotopic (exact) mass is 854 g/mol. The Kier molecular flexibility index (Phi) is 14.7. The molecule has 7 rings (SSSR count). The molecule has 5 aromatic carbocycles. The van der Waals surface area contributed by atoms with Gasteiger partial charge in [0.15, 0.2) is 0 Å². The highest BCUT2D eigenvalue weighted by atomic mass is 35.5. The molecule has 2 aliphatic rings. The van der Waals surface area contributed by atoms with Crippen molar-refractivity contribution in [1.29, 1.82) is 0 Å². The summed E-state index contributed by atoms with van der Waals surface area (Å²) in [7, 11) is -0.482. The molecule has 310 valence electrons. The lowest BCUT2D eigenvalue weighted by atomic mass is 9.92. The first-order valence-electron chi connectivity index (χ1n) is 19.7. The van der Waals surface area contributed by atoms with Crippen LogP contribution in [0.15, 0.2) is 131 Å². The van der Waals surface area contributed by atoms with Crippen molar-refractivity contribution in [3.05, 3.63) is 148 Å². The Morgan fingerprint density at radius 2 is 1.61 bits per heavy atom. The maximum Gasteiger partial charge on any atom is 0.293 e. The number of halogens is 1. The number of aryl methyl sites for hydroxylation is 1. The number of nitro benzene ring substituents is 1. The van der Waals surface area contributed by atoms with Crippen LogP contribution in [0, 0.1) is 10.1 Å². The summed E-state index contributed by atoms with van der Waals surface area (Å²) in [6.07, 6.45) is 2.44. The van der Waals surface area contributed by atoms with Gasteiger partial charge in [0.1, 0.15) is 5.69 Å². The van der Waals surface area contributed by atoms with Gasteiger partial charge in [-0.25, -0.2) is 13.1 Å². The van der Waals surface area contributed by atoms with E-state index in [1.165, 1.54) is 28.8 Å². The van der Waals surface area contributed by atoms with Crippen LogP contribution in [0.25, 0.3) is 11.1 Å². The first-order chi connectivity index (χ1) is 28.1. The summed E-state index contributed by atoms with van der Waals surface area (Å²) < 4.78 is 29.4. The van der Waals surface area contributed by atoms with Gasteiger partial charge in [-0.05, 0) is 105 Å². The minimum absolute atomic E-state index is 0. The standard InChI is InChI=1S/C45H50N6O5S2.ClH/c1-47(2)24-11-25-49(28-29-57-39-15-7-4-8-16-39)43-23-21-40(31-44(43)51(53)54)58(55,56)46-45(52)36-19-22-42-35(30-36)18-20-38-33-48(26-27-50(38)42)32-37-14-9-10-17-41(37)34-12-5-3-6-13-34;/h3-10,12-17,19,21-23,30-31,38H,11,18,20,24-29,32-33H2,1-2H3,(H,46,52);1H/t38-;/m0./s1. The fourth-order valence-electron chi connectivity index (χ4n) is 8.00. The average molecular weight is 856 g/mol. The molecule has 0 aromatic heterocycles. The third kappa shape index (κ3) is 10.8. The Bertz CT molecular complexity index is 2330. The molecule has 0 unspecified atom stereocenters. The summed E-state index contributed by atoms with van der Waals surface area (Å²) in [5, 5.41) is 12.4. The van der Waals surface area contributed by atoms with Gasteiger partial charge in [0, 0.05) is 73.3 Å². The summed E-state index contributed by atoms with van der Waals surface area (Å²) >= 11 is 1.65. The van der Waals surface area contributed by atoms with E-state index in [0.29, 0.717) is 30.6 Å². The second kappa shape index (κ2) is 19.9. The van der Waals surface area contributed by atoms with Crippen LogP contribution < -0.4 is 14.5 Å². The Morgan fingerprint density at radius 1 is 0.881 bits per heavy atom. The lowest BCUT2D eigenvalue weighted by molar-refractivity contribution is -0.384. The van der Waals surface area contributed by atoms with E-state index in [0.717, 1.165) is 74.2 Å². The first-order valence-corrected chi connectivity index (χ1v) is 22.2. The number of nitrogens with zero attached hydrogens (tertiary/aromatic N) is 5. The first kappa shape index (κ1) is 43.7. The summed E-state index contributed by atoms with van der Waals surface area (Å²) in [5.74, 6) is -0.0945. The van der Waals surface area contributed by atoms with Crippen LogP contribution in [0.1, 0.15) is 34.3 Å². The highest BCUT2D eigenvalue weighted by molar-refractivity contribution is 7.99. The van der Waals surface area contributed by atoms with Crippen LogP contribution in [0.5, 0.6) is 0 Å². The van der Waals surface area contributed by atoms with E-state index in [2.05, 4.69) is 68.0 Å². The number of carbonyl (C=O) groups excluding carboxylic acids is 1. The van der Waals surface area contributed by atoms with Crippen molar-refractivity contribution in [2.24, 2.45) is 0 Å². The Morgan fingerprint density at radius 3 is 2.36 bits per heavy atom. The lowest BCUT2D eigenvalue weighted by Crippen LogP contribution is -2.54. The van der Waals surface area contributed by atoms with Gasteiger partial charge in [-0.3, -0.25) is 19.8 Å². The topological polar surface area (TPSA) is 119 Å². The maximum atomic E-state index is 13.6. The third-order valence-electron chi connectivity index (χ3n) is 10.9. The predicted molar refractivity (Wildman–Crippen MR) is 241 cm³/mol. The SMILES string of the molecule is CN(C)CCCN(CCSc1ccccc1)c1ccc(S(=O)(=O)NC(=O)c2ccc3c(c2)CC[C@H]2CN(Cc4ccccc4-c4ccccc4)CCN32)cc1[N+](=O)[O-].Cl. The van der Waals surface area contributed by atoms with Crippen molar-refractivity contribution in [2.75, 3.05) is 68.9 Å². The number of nitrogens with one attached hydrogen (secondary N) is 1. The van der Waals surface area contributed by atoms with Gasteiger partial charge in [-0.2, -0.15) is 0 Å². The molecule has 11 nitrogen and oxygen atoms in total. The second-order valence-corrected chi connectivity index (χ2v) is 18.0. The molecule has 2 aliphatic heterocycles. The van der Waals surface area contributed by atoms with Crippen LogP contribution >= 0.6 is 24.2 Å². The summed E-state index contributed by atoms with van der Waals surface area (Å²) in [6.45, 7) is 5.40. The molecule has 1 amide bonds. The van der Waals surface area contributed by atoms with Crippen molar-refractivity contribution < 1.29 is 18.1 Å². The van der Waals surface area contributed by atoms with Crippen LogP contribution in [-0.2, 0) is 23.0 Å². The molecule has 0 saturated carbocycles. The number of benzene rings is 5. The van der Waals surface area contributed by atoms with E-state index in [1.807, 2.05) is 61.5 Å². The molecule has 0 bridgehead atoms. The Labute approximate surface area is 358 Å². The normalized spacial score (nSPS) is 15.2. The zero-order valence-corrected chi connectivity index (χ0v) is 35.9. The number of carbonyl (C=O) groups is 1. The third-order valence-corrected chi connectivity index (χ3v) is 13.2. The molecular weight excluding hydrogens is 804 g/mol. The van der Waals surface area contributed by atoms with Gasteiger partial charge in [0.2, 0.25) is 0 Å². The van der Waals surface area contributed by atoms with Crippen molar-refractivity contribution in [3.63, 3.8) is 0 Å². The van der Waals surface area contributed by atoms with E-state index < -0.39 is 20.9 Å². The number of anilines is 2. The number of thioether (sulfide) groups is 1. The fraction of sp³-hybridized carbons (Fsp3) is 0.311. The molecule has 0 radical (unpaired) electrons. The molecule has 1 saturated heterocycles. The van der Waals surface area contributed by atoms with Gasteiger partial charge in [0.25, 0.3) is 21.6 Å². The number of rotatable bonds is 16. The molecule has 1 fully saturated rings. The number of hydrogen-bond acceptors (Lipinski definition) is 10. The van der Waals surface area contributed by atoms with Crippen molar-refractivity contribution >= 4 is 57.2 Å². The minimum Gasteiger partial charge on any atom is -0.366 e. The zero-order chi connectivity index (χ0) is 40.6. The number of piperazine rings is 1. The summed E-state index contributed by atoms with van der Waals surface area (Å²) in [6, 6.07) is 38.6. The van der Waals surface area contributed by atoms with Crippen LogP contribution in [-0.4, -0.2) is 94.2 Å². The van der Waals surface area contributed by atoms with Gasteiger partial charge in [-0.1, -0.05) is 72.8 Å². The molecule has 5 aromatic rings. The number of nitro groups is 1. The van der Waals surface area contributed by atoms with Gasteiger partial charge >= 0.3 is 0 Å². The van der Waals surface area contributed by atoms with Crippen molar-refractivity contribution in [2.45, 2.75) is 41.6 Å². The molecule has 59 heavy (non-hydrogen) atoms. The van der Waals surface area contributed by atoms with Gasteiger partial charge < -0.3 is 14.7 Å². The summed E-state index contributed by atoms with van der Waals surface area (Å²) in [5.41, 5.74) is 6.10. The van der Waals surface area contributed by atoms with Gasteiger partial charge in [-0.15, -0.1) is 24.2 Å². The predicted octanol–water partition coefficient (Wildman–Crippen LogP) is 7.99. The molecule has 0 spiro atoms. The maximum absolute atomic E-state index is 13.6. The molecular formula is C45H51ClN6O5S2. The van der Waals surface area contributed by atoms with Crippen molar-refractivity contribution in [1.82, 2.24) is 14.5 Å². The largest absolute Gasteiger partial charge is 0.366 e. The molecule has 1 N–H and O–H groups in total. The van der Waals surface area contributed by atoms with Gasteiger partial charge in [0.05, 0.1) is 9.82 Å². The van der Waals surface area contributed by atoms with Crippen LogP contribution in [0.3, 0.4) is 0 Å². The molecule has 14 heteroatoms. The van der Waals surface area contributed by atoms with E-state index >= 15 is 0 Å². The number of sulfonamides is 1. The quantitative estimate of drug-likeness (QED) is 0.0595. The molecule has 2 heterocycles. The lowest BCUT2D eigenvalue weighted by Gasteiger charge is -2.46. The number of fused-ring (bicyclic) bond motifs is 3. The zero-order valence-electron chi connectivity index (χ0n) is 33.4. The van der Waals surface area contributed by atoms with Crippen LogP contribution in [0.2, 0.25) is 0 Å². The summed E-state index contributed by atoms with van der Waals surface area (Å²) in [4.78, 5) is 35.0. The number of hydrogen-bond donors (Lipinski definition) is 1. The second-order valence-electron chi connectivity index (χ2n) is 15.1. The minimum atomic E-state index is -4.43. The highest BCUT2D eigenvalue weighted by Crippen LogP contribution is 2.35. The van der Waals surface area contributed by atoms with E-state index in [1.54, 1.807) is 23.9 Å². The highest BCUT2D eigenvalue weighted by Gasteiger charge is 2.33. The van der Waals surface area contributed by atoms with E-state index in [4.69, 9.17) is 0 Å². The molecule has 0 aliphatic carbocycles. The average Bonchev–Trinajstić information content (AvgIpc) is 3.23. The Balaban J connectivity index is 0.00000585. The van der Waals surface area contributed by atoms with Crippen LogP contribution in [0.4, 0.5) is 17.1 Å². The number of amides is 1. The smallest absolute Gasteiger partial charge is 0.293 e. The van der Waals surface area contributed by atoms with E-state index in [-0.39, 0.29) is 28.6 Å². The molecule has 1 atom stereocenters. The van der Waals surface area contributed by atoms with Crippen molar-refractivity contribution in [3.8, 4) is 11.1 Å². The van der Waals surface area contributed by atoms with E-state index in [9.17, 15) is 23.3 Å². The fourth-order valence-corrected chi connectivity index (χ4v) is 9.89. The Hall–Kier alpha value is -4.92.